The van der Waals surface area contributed by atoms with Gasteiger partial charge in [-0.3, -0.25) is 4.68 Å². The Morgan fingerprint density at radius 1 is 1.38 bits per heavy atom. The number of nitrogen functional groups attached to an aromatic ring is 1. The number of carbonyl (C=O) groups is 1. The molecule has 0 spiro atoms. The lowest BCUT2D eigenvalue weighted by Crippen LogP contribution is -2.13. The number of nitrogens with one attached hydrogen (secondary N) is 1. The second kappa shape index (κ2) is 9.40. The maximum atomic E-state index is 13.9. The molecule has 3 rings (SSSR count). The van der Waals surface area contributed by atoms with Crippen molar-refractivity contribution >= 4 is 11.8 Å². The molecule has 0 radical (unpaired) electrons. The van der Waals surface area contributed by atoms with E-state index in [1.165, 1.54) is 30.0 Å². The zero-order valence-corrected chi connectivity index (χ0v) is 18.0. The first-order chi connectivity index (χ1) is 15.3. The maximum absolute atomic E-state index is 13.9. The molecule has 0 aliphatic carbocycles. The van der Waals surface area contributed by atoms with Gasteiger partial charge in [0.2, 0.25) is 0 Å². The summed E-state index contributed by atoms with van der Waals surface area (Å²) in [6, 6.07) is 7.34. The number of ether oxygens (including phenoxy) is 2. The first-order valence-corrected chi connectivity index (χ1v) is 9.59. The van der Waals surface area contributed by atoms with Gasteiger partial charge in [0, 0.05) is 25.2 Å². The number of hydrogen-bond donors (Lipinski definition) is 2. The standard InChI is InChI=1S/C21H22FN7O3/c1-11(14-7-12(22)5-6-13(14)21(30)31-4)32-18-8-15(26-27-20(18)24)19-16(10-25-2)28-29(3)17(19)9-23/h5-8,11,25H,10H2,1-4H3,(H2,24,27)/t11-/m1/s1. The molecule has 0 amide bonds. The molecule has 166 valence electrons. The van der Waals surface area contributed by atoms with Gasteiger partial charge in [-0.2, -0.15) is 10.4 Å². The highest BCUT2D eigenvalue weighted by molar-refractivity contribution is 5.91. The molecule has 10 nitrogen and oxygen atoms in total. The number of aromatic nitrogens is 4. The average molecular weight is 439 g/mol. The third-order valence-electron chi connectivity index (χ3n) is 4.77. The van der Waals surface area contributed by atoms with Gasteiger partial charge < -0.3 is 20.5 Å². The Morgan fingerprint density at radius 2 is 2.12 bits per heavy atom. The predicted octanol–water partition coefficient (Wildman–Crippen LogP) is 2.12. The SMILES string of the molecule is CNCc1nn(C)c(C#N)c1-c1cc(O[C@H](C)c2cc(F)ccc2C(=O)OC)c(N)nn1. The number of halogens is 1. The van der Waals surface area contributed by atoms with Crippen LogP contribution in [0.2, 0.25) is 0 Å². The molecule has 2 aromatic heterocycles. The van der Waals surface area contributed by atoms with Crippen LogP contribution in [0.15, 0.2) is 24.3 Å². The van der Waals surface area contributed by atoms with Gasteiger partial charge in [0.05, 0.1) is 23.9 Å². The Hall–Kier alpha value is -4.04. The van der Waals surface area contributed by atoms with Crippen LogP contribution in [0.4, 0.5) is 10.2 Å². The molecule has 0 unspecified atom stereocenters. The zero-order valence-electron chi connectivity index (χ0n) is 18.0. The number of aryl methyl sites for hydroxylation is 1. The van der Waals surface area contributed by atoms with Crippen LogP contribution >= 0.6 is 0 Å². The van der Waals surface area contributed by atoms with E-state index in [1.807, 2.05) is 0 Å². The molecular formula is C21H22FN7O3. The van der Waals surface area contributed by atoms with Crippen molar-refractivity contribution in [3.8, 4) is 23.1 Å². The van der Waals surface area contributed by atoms with E-state index in [0.29, 0.717) is 29.2 Å². The van der Waals surface area contributed by atoms with Gasteiger partial charge in [-0.15, -0.1) is 10.2 Å². The molecule has 0 fully saturated rings. The molecule has 3 aromatic rings. The lowest BCUT2D eigenvalue weighted by atomic mass is 10.0. The van der Waals surface area contributed by atoms with Crippen molar-refractivity contribution in [2.75, 3.05) is 19.9 Å². The van der Waals surface area contributed by atoms with E-state index in [0.717, 1.165) is 6.07 Å². The van der Waals surface area contributed by atoms with Crippen LogP contribution in [0.1, 0.15) is 40.3 Å². The lowest BCUT2D eigenvalue weighted by Gasteiger charge is -2.18. The molecule has 0 aliphatic rings. The number of nitrogens with zero attached hydrogens (tertiary/aromatic N) is 5. The minimum atomic E-state index is -0.778. The Balaban J connectivity index is 2.03. The highest BCUT2D eigenvalue weighted by Gasteiger charge is 2.23. The third-order valence-corrected chi connectivity index (χ3v) is 4.77. The molecule has 1 aromatic carbocycles. The summed E-state index contributed by atoms with van der Waals surface area (Å²) in [6.45, 7) is 2.03. The highest BCUT2D eigenvalue weighted by Crippen LogP contribution is 2.33. The van der Waals surface area contributed by atoms with E-state index in [2.05, 4.69) is 26.7 Å². The van der Waals surface area contributed by atoms with E-state index in [-0.39, 0.29) is 22.7 Å². The fraction of sp³-hybridized carbons (Fsp3) is 0.286. The van der Waals surface area contributed by atoms with Gasteiger partial charge in [0.1, 0.15) is 29.4 Å². The number of nitrogens with two attached hydrogens (primary N) is 1. The van der Waals surface area contributed by atoms with Crippen molar-refractivity contribution in [3.63, 3.8) is 0 Å². The normalized spacial score (nSPS) is 11.6. The minimum Gasteiger partial charge on any atom is -0.482 e. The number of hydrogen-bond acceptors (Lipinski definition) is 9. The van der Waals surface area contributed by atoms with Gasteiger partial charge in [0.15, 0.2) is 11.6 Å². The number of nitriles is 1. The van der Waals surface area contributed by atoms with Crippen LogP contribution in [0.5, 0.6) is 5.75 Å². The number of benzene rings is 1. The second-order valence-corrected chi connectivity index (χ2v) is 6.90. The van der Waals surface area contributed by atoms with E-state index < -0.39 is 17.9 Å². The summed E-state index contributed by atoms with van der Waals surface area (Å²) in [6.07, 6.45) is -0.778. The molecule has 0 saturated carbocycles. The van der Waals surface area contributed by atoms with Gasteiger partial charge >= 0.3 is 5.97 Å². The fourth-order valence-electron chi connectivity index (χ4n) is 3.29. The molecular weight excluding hydrogens is 417 g/mol. The molecule has 1 atom stereocenters. The number of methoxy groups -OCH3 is 1. The third kappa shape index (κ3) is 4.35. The van der Waals surface area contributed by atoms with Crippen molar-refractivity contribution < 1.29 is 18.7 Å². The Bertz CT molecular complexity index is 1200. The van der Waals surface area contributed by atoms with Crippen molar-refractivity contribution in [3.05, 3.63) is 52.6 Å². The summed E-state index contributed by atoms with van der Waals surface area (Å²) >= 11 is 0. The molecule has 2 heterocycles. The van der Waals surface area contributed by atoms with Crippen LogP contribution in [-0.2, 0) is 18.3 Å². The Morgan fingerprint density at radius 3 is 2.78 bits per heavy atom. The summed E-state index contributed by atoms with van der Waals surface area (Å²) in [5.74, 6) is -1.00. The lowest BCUT2D eigenvalue weighted by molar-refractivity contribution is 0.0595. The zero-order chi connectivity index (χ0) is 23.4. The summed E-state index contributed by atoms with van der Waals surface area (Å²) < 4.78 is 26.0. The average Bonchev–Trinajstić information content (AvgIpc) is 3.09. The quantitative estimate of drug-likeness (QED) is 0.529. The minimum absolute atomic E-state index is 0.00538. The van der Waals surface area contributed by atoms with Crippen molar-refractivity contribution in [2.45, 2.75) is 19.6 Å². The predicted molar refractivity (Wildman–Crippen MR) is 113 cm³/mol. The van der Waals surface area contributed by atoms with Crippen LogP contribution in [0.3, 0.4) is 0 Å². The van der Waals surface area contributed by atoms with Crippen LogP contribution in [-0.4, -0.2) is 40.1 Å². The van der Waals surface area contributed by atoms with Crippen molar-refractivity contribution in [1.82, 2.24) is 25.3 Å². The molecule has 3 N–H and O–H groups in total. The van der Waals surface area contributed by atoms with E-state index in [9.17, 15) is 14.4 Å². The van der Waals surface area contributed by atoms with Gasteiger partial charge in [-0.1, -0.05) is 0 Å². The number of anilines is 1. The topological polar surface area (TPSA) is 141 Å². The summed E-state index contributed by atoms with van der Waals surface area (Å²) in [5.41, 5.74) is 8.13. The largest absolute Gasteiger partial charge is 0.482 e. The van der Waals surface area contributed by atoms with Crippen molar-refractivity contribution in [1.29, 1.82) is 5.26 Å². The maximum Gasteiger partial charge on any atom is 0.338 e. The highest BCUT2D eigenvalue weighted by atomic mass is 19.1. The first-order valence-electron chi connectivity index (χ1n) is 9.59. The Kier molecular flexibility index (Phi) is 6.65. The van der Waals surface area contributed by atoms with E-state index >= 15 is 0 Å². The molecule has 0 bridgehead atoms. The first kappa shape index (κ1) is 22.6. The second-order valence-electron chi connectivity index (χ2n) is 6.90. The molecule has 32 heavy (non-hydrogen) atoms. The van der Waals surface area contributed by atoms with E-state index in [1.54, 1.807) is 21.0 Å². The van der Waals surface area contributed by atoms with Crippen LogP contribution in [0, 0.1) is 17.1 Å². The summed E-state index contributed by atoms with van der Waals surface area (Å²) in [4.78, 5) is 12.1. The van der Waals surface area contributed by atoms with Crippen LogP contribution in [0.25, 0.3) is 11.3 Å². The van der Waals surface area contributed by atoms with Gasteiger partial charge in [-0.25, -0.2) is 9.18 Å². The number of esters is 1. The monoisotopic (exact) mass is 439 g/mol. The number of carbonyl (C=O) groups excluding carboxylic acids is 1. The van der Waals surface area contributed by atoms with E-state index in [4.69, 9.17) is 15.2 Å². The smallest absolute Gasteiger partial charge is 0.338 e. The molecule has 11 heteroatoms. The van der Waals surface area contributed by atoms with Gasteiger partial charge in [0.25, 0.3) is 0 Å². The molecule has 0 saturated heterocycles. The summed E-state index contributed by atoms with van der Waals surface area (Å²) in [7, 11) is 4.65. The summed E-state index contributed by atoms with van der Waals surface area (Å²) in [5, 5.41) is 25.0. The Labute approximate surface area is 183 Å². The number of rotatable bonds is 7. The van der Waals surface area contributed by atoms with Crippen molar-refractivity contribution in [2.24, 2.45) is 7.05 Å². The van der Waals surface area contributed by atoms with Crippen LogP contribution < -0.4 is 15.8 Å². The fourth-order valence-corrected chi connectivity index (χ4v) is 3.29. The molecule has 0 aliphatic heterocycles. The van der Waals surface area contributed by atoms with Gasteiger partial charge in [-0.05, 0) is 32.2 Å².